The van der Waals surface area contributed by atoms with Gasteiger partial charge in [0.05, 0.1) is 31.7 Å². The van der Waals surface area contributed by atoms with Crippen LogP contribution in [0.4, 0.5) is 4.39 Å². The summed E-state index contributed by atoms with van der Waals surface area (Å²) >= 11 is 0. The lowest BCUT2D eigenvalue weighted by atomic mass is 9.92. The van der Waals surface area contributed by atoms with Crippen molar-refractivity contribution in [3.63, 3.8) is 0 Å². The molecule has 1 aromatic rings. The molecule has 1 amide bonds. The Morgan fingerprint density at radius 3 is 2.64 bits per heavy atom. The minimum absolute atomic E-state index is 0.0216. The van der Waals surface area contributed by atoms with Crippen LogP contribution in [0.5, 0.6) is 0 Å². The van der Waals surface area contributed by atoms with Crippen LogP contribution in [0.2, 0.25) is 0 Å². The van der Waals surface area contributed by atoms with Crippen molar-refractivity contribution in [1.82, 2.24) is 14.7 Å². The lowest BCUT2D eigenvalue weighted by Gasteiger charge is -2.38. The van der Waals surface area contributed by atoms with Gasteiger partial charge in [-0.3, -0.25) is 24.2 Å². The molecule has 9 heteroatoms. The highest BCUT2D eigenvalue weighted by atomic mass is 19.1. The number of hydrogen-bond acceptors (Lipinski definition) is 7. The minimum atomic E-state index is -0.667. The number of aliphatic hydroxyl groups excluding tert-OH is 1. The number of aliphatic hydroxyl groups is 1. The fraction of sp³-hybridized carbons (Fsp3) is 0.593. The first-order valence-corrected chi connectivity index (χ1v) is 12.9. The molecule has 1 aromatic carbocycles. The average Bonchev–Trinajstić information content (AvgIpc) is 3.71. The summed E-state index contributed by atoms with van der Waals surface area (Å²) in [6, 6.07) is 5.76. The Morgan fingerprint density at radius 1 is 1.17 bits per heavy atom. The fourth-order valence-electron chi connectivity index (χ4n) is 4.98. The van der Waals surface area contributed by atoms with Gasteiger partial charge in [-0.05, 0) is 37.8 Å². The van der Waals surface area contributed by atoms with Crippen molar-refractivity contribution in [3.8, 4) is 0 Å². The molecule has 0 bridgehead atoms. The number of halogens is 1. The highest BCUT2D eigenvalue weighted by Gasteiger charge is 2.41. The van der Waals surface area contributed by atoms with Crippen LogP contribution in [0, 0.1) is 11.7 Å². The van der Waals surface area contributed by atoms with Crippen LogP contribution < -0.4 is 0 Å². The minimum Gasteiger partial charge on any atom is -0.466 e. The molecule has 36 heavy (non-hydrogen) atoms. The molecule has 1 N–H and O–H groups in total. The molecular formula is C27H36FN3O5. The monoisotopic (exact) mass is 501 g/mol. The van der Waals surface area contributed by atoms with Gasteiger partial charge in [-0.25, -0.2) is 4.39 Å². The van der Waals surface area contributed by atoms with Gasteiger partial charge in [-0.15, -0.1) is 0 Å². The molecule has 2 heterocycles. The maximum Gasteiger partial charge on any atom is 0.307 e. The van der Waals surface area contributed by atoms with Crippen LogP contribution in [0.3, 0.4) is 0 Å². The first-order valence-electron chi connectivity index (χ1n) is 12.9. The molecule has 8 nitrogen and oxygen atoms in total. The van der Waals surface area contributed by atoms with Crippen LogP contribution >= 0.6 is 0 Å². The number of amides is 1. The van der Waals surface area contributed by atoms with E-state index in [1.165, 1.54) is 6.07 Å². The molecule has 4 rings (SSSR count). The van der Waals surface area contributed by atoms with Crippen LogP contribution in [-0.4, -0.2) is 96.0 Å². The van der Waals surface area contributed by atoms with E-state index < -0.39 is 12.1 Å². The van der Waals surface area contributed by atoms with E-state index in [0.717, 1.165) is 18.4 Å². The van der Waals surface area contributed by atoms with E-state index in [-0.39, 0.29) is 42.4 Å². The fourth-order valence-corrected chi connectivity index (χ4v) is 4.98. The number of hydrogen-bond donors (Lipinski definition) is 1. The largest absolute Gasteiger partial charge is 0.466 e. The number of benzene rings is 1. The molecule has 2 aliphatic heterocycles. The Hall–Kier alpha value is -2.62. The Kier molecular flexibility index (Phi) is 8.87. The number of piperidine rings is 1. The summed E-state index contributed by atoms with van der Waals surface area (Å²) in [6.45, 7) is 5.24. The molecule has 1 aliphatic carbocycles. The third-order valence-electron chi connectivity index (χ3n) is 7.23. The Morgan fingerprint density at radius 2 is 1.94 bits per heavy atom. The molecule has 1 saturated carbocycles. The van der Waals surface area contributed by atoms with E-state index >= 15 is 0 Å². The first kappa shape index (κ1) is 26.4. The van der Waals surface area contributed by atoms with Crippen molar-refractivity contribution in [2.24, 2.45) is 5.92 Å². The Labute approximate surface area is 211 Å². The molecule has 2 saturated heterocycles. The van der Waals surface area contributed by atoms with Gasteiger partial charge in [0.1, 0.15) is 5.82 Å². The molecule has 0 radical (unpaired) electrons. The topological polar surface area (TPSA) is 90.4 Å². The predicted molar refractivity (Wildman–Crippen MR) is 131 cm³/mol. The SMILES string of the molecule is CCOC(=O)CCN1CCN(CC=C2CN(C(C(=O)C3CC3)c3ccccc3F)CCC2O)C(=O)C1. The molecule has 3 fully saturated rings. The number of esters is 1. The van der Waals surface area contributed by atoms with Gasteiger partial charge < -0.3 is 14.7 Å². The highest BCUT2D eigenvalue weighted by Crippen LogP contribution is 2.39. The van der Waals surface area contributed by atoms with E-state index in [2.05, 4.69) is 0 Å². The van der Waals surface area contributed by atoms with Gasteiger partial charge in [-0.2, -0.15) is 0 Å². The predicted octanol–water partition coefficient (Wildman–Crippen LogP) is 1.94. The molecular weight excluding hydrogens is 465 g/mol. The molecule has 2 unspecified atom stereocenters. The third kappa shape index (κ3) is 6.57. The lowest BCUT2D eigenvalue weighted by molar-refractivity contribution is -0.144. The normalized spacial score (nSPS) is 23.6. The van der Waals surface area contributed by atoms with E-state index in [1.54, 1.807) is 30.0 Å². The van der Waals surface area contributed by atoms with E-state index in [1.807, 2.05) is 15.9 Å². The molecule has 0 aromatic heterocycles. The maximum absolute atomic E-state index is 14.7. The van der Waals surface area contributed by atoms with Crippen molar-refractivity contribution < 1.29 is 28.6 Å². The van der Waals surface area contributed by atoms with E-state index in [0.29, 0.717) is 57.9 Å². The number of ketones is 1. The number of piperazine rings is 1. The summed E-state index contributed by atoms with van der Waals surface area (Å²) in [5.41, 5.74) is 1.14. The Bertz CT molecular complexity index is 995. The van der Waals surface area contributed by atoms with Crippen LogP contribution in [0.1, 0.15) is 44.2 Å². The highest BCUT2D eigenvalue weighted by molar-refractivity contribution is 5.89. The summed E-state index contributed by atoms with van der Waals surface area (Å²) in [6.07, 6.45) is 3.62. The number of Topliss-reactive ketones (excluding diaryl/α,β-unsaturated/α-hetero) is 1. The van der Waals surface area contributed by atoms with Gasteiger partial charge >= 0.3 is 5.97 Å². The maximum atomic E-state index is 14.7. The van der Waals surface area contributed by atoms with Crippen LogP contribution in [0.25, 0.3) is 0 Å². The van der Waals surface area contributed by atoms with Crippen molar-refractivity contribution in [2.75, 3.05) is 52.4 Å². The van der Waals surface area contributed by atoms with Gasteiger partial charge in [-0.1, -0.05) is 24.3 Å². The molecule has 2 atom stereocenters. The zero-order chi connectivity index (χ0) is 25.7. The summed E-state index contributed by atoms with van der Waals surface area (Å²) < 4.78 is 19.6. The second kappa shape index (κ2) is 12.1. The van der Waals surface area contributed by atoms with Gasteiger partial charge in [0.2, 0.25) is 5.91 Å². The summed E-state index contributed by atoms with van der Waals surface area (Å²) in [7, 11) is 0. The van der Waals surface area contributed by atoms with E-state index in [9.17, 15) is 23.9 Å². The Balaban J connectivity index is 1.38. The number of nitrogens with zero attached hydrogens (tertiary/aromatic N) is 3. The number of rotatable bonds is 10. The second-order valence-electron chi connectivity index (χ2n) is 9.83. The molecule has 0 spiro atoms. The summed E-state index contributed by atoms with van der Waals surface area (Å²) in [4.78, 5) is 43.1. The number of carbonyl (C=O) groups is 3. The lowest BCUT2D eigenvalue weighted by Crippen LogP contribution is -2.51. The number of carbonyl (C=O) groups excluding carboxylic acids is 3. The number of likely N-dealkylation sites (tertiary alicyclic amines) is 1. The van der Waals surface area contributed by atoms with Crippen LogP contribution in [0.15, 0.2) is 35.9 Å². The molecule has 196 valence electrons. The zero-order valence-electron chi connectivity index (χ0n) is 20.9. The average molecular weight is 502 g/mol. The van der Waals surface area contributed by atoms with Gasteiger partial charge in [0, 0.05) is 50.7 Å². The zero-order valence-corrected chi connectivity index (χ0v) is 20.9. The van der Waals surface area contributed by atoms with E-state index in [4.69, 9.17) is 4.74 Å². The summed E-state index contributed by atoms with van der Waals surface area (Å²) in [5, 5.41) is 10.6. The standard InChI is InChI=1S/C27H36FN3O5/c1-2-36-25(34)11-12-29-15-16-30(24(33)18-29)13-9-20-17-31(14-10-23(20)32)26(27(35)19-7-8-19)21-5-3-4-6-22(21)28/h3-6,9,19,23,26,32H,2,7-8,10-18H2,1H3. The van der Waals surface area contributed by atoms with Crippen molar-refractivity contribution in [2.45, 2.75) is 44.8 Å². The number of ether oxygens (including phenoxy) is 1. The van der Waals surface area contributed by atoms with Crippen molar-refractivity contribution in [3.05, 3.63) is 47.3 Å². The van der Waals surface area contributed by atoms with Crippen molar-refractivity contribution >= 4 is 17.7 Å². The first-order chi connectivity index (χ1) is 17.4. The van der Waals surface area contributed by atoms with Crippen LogP contribution in [-0.2, 0) is 19.1 Å². The van der Waals surface area contributed by atoms with Gasteiger partial charge in [0.25, 0.3) is 0 Å². The third-order valence-corrected chi connectivity index (χ3v) is 7.23. The second-order valence-corrected chi connectivity index (χ2v) is 9.83. The summed E-state index contributed by atoms with van der Waals surface area (Å²) in [5.74, 6) is -0.657. The van der Waals surface area contributed by atoms with Crippen molar-refractivity contribution in [1.29, 1.82) is 0 Å². The molecule has 3 aliphatic rings. The van der Waals surface area contributed by atoms with Gasteiger partial charge in [0.15, 0.2) is 5.78 Å². The quantitative estimate of drug-likeness (QED) is 0.387. The smallest absolute Gasteiger partial charge is 0.307 e.